The van der Waals surface area contributed by atoms with Gasteiger partial charge < -0.3 is 5.73 Å². The number of rotatable bonds is 6. The van der Waals surface area contributed by atoms with Gasteiger partial charge in [-0.25, -0.2) is 9.97 Å². The molecule has 0 unspecified atom stereocenters. The van der Waals surface area contributed by atoms with Crippen LogP contribution in [0.15, 0.2) is 34.7 Å². The first-order valence-electron chi connectivity index (χ1n) is 8.84. The van der Waals surface area contributed by atoms with Gasteiger partial charge in [0.25, 0.3) is 0 Å². The fourth-order valence-electron chi connectivity index (χ4n) is 2.93. The second-order valence-electron chi connectivity index (χ2n) is 6.24. The van der Waals surface area contributed by atoms with Gasteiger partial charge in [-0.15, -0.1) is 11.3 Å². The lowest BCUT2D eigenvalue weighted by Crippen LogP contribution is -2.03. The van der Waals surface area contributed by atoms with Crippen molar-refractivity contribution in [1.29, 1.82) is 10.5 Å². The summed E-state index contributed by atoms with van der Waals surface area (Å²) in [5, 5.41) is 23.0. The first-order chi connectivity index (χ1) is 13.6. The van der Waals surface area contributed by atoms with Gasteiger partial charge in [0.05, 0.1) is 16.3 Å². The van der Waals surface area contributed by atoms with Crippen LogP contribution in [-0.2, 0) is 12.2 Å². The van der Waals surface area contributed by atoms with Gasteiger partial charge in [0.15, 0.2) is 0 Å². The van der Waals surface area contributed by atoms with E-state index in [2.05, 4.69) is 29.0 Å². The number of benzene rings is 1. The van der Waals surface area contributed by atoms with E-state index < -0.39 is 0 Å². The fourth-order valence-corrected chi connectivity index (χ4v) is 4.54. The highest BCUT2D eigenvalue weighted by Crippen LogP contribution is 2.36. The zero-order valence-corrected chi connectivity index (χ0v) is 17.3. The summed E-state index contributed by atoms with van der Waals surface area (Å²) in [5.41, 5.74) is 10.2. The first kappa shape index (κ1) is 19.9. The van der Waals surface area contributed by atoms with Crippen molar-refractivity contribution < 1.29 is 0 Å². The molecule has 140 valence electrons. The van der Waals surface area contributed by atoms with Crippen LogP contribution < -0.4 is 5.73 Å². The number of thioether (sulfide) groups is 1. The lowest BCUT2D eigenvalue weighted by molar-refractivity contribution is 0.922. The number of hydrogen-bond acceptors (Lipinski definition) is 7. The summed E-state index contributed by atoms with van der Waals surface area (Å²) in [6, 6.07) is 12.3. The topological polar surface area (TPSA) is 99.4 Å². The number of thiazole rings is 1. The van der Waals surface area contributed by atoms with Gasteiger partial charge >= 0.3 is 0 Å². The van der Waals surface area contributed by atoms with E-state index in [1.165, 1.54) is 17.3 Å². The molecule has 0 aliphatic rings. The van der Waals surface area contributed by atoms with E-state index in [1.807, 2.05) is 36.6 Å². The molecule has 5 nitrogen and oxygen atoms in total. The minimum atomic E-state index is 0.145. The zero-order chi connectivity index (χ0) is 20.1. The lowest BCUT2D eigenvalue weighted by Gasteiger charge is -2.13. The highest BCUT2D eigenvalue weighted by Gasteiger charge is 2.20. The van der Waals surface area contributed by atoms with Crippen molar-refractivity contribution in [2.75, 3.05) is 5.73 Å². The highest BCUT2D eigenvalue weighted by atomic mass is 32.2. The summed E-state index contributed by atoms with van der Waals surface area (Å²) >= 11 is 3.00. The van der Waals surface area contributed by atoms with Crippen LogP contribution >= 0.6 is 23.1 Å². The Morgan fingerprint density at radius 2 is 1.82 bits per heavy atom. The SMILES string of the molecule is CCCc1ccc(-c2c(C#N)c(N)nc(SCc3csc(C)n3)c2C#N)cc1. The molecule has 2 N–H and O–H groups in total. The largest absolute Gasteiger partial charge is 0.383 e. The molecule has 0 saturated heterocycles. The van der Waals surface area contributed by atoms with E-state index in [1.54, 1.807) is 11.3 Å². The smallest absolute Gasteiger partial charge is 0.143 e. The number of aryl methyl sites for hydroxylation is 2. The Hall–Kier alpha value is -2.87. The number of nitrogens with two attached hydrogens (primary N) is 1. The van der Waals surface area contributed by atoms with Crippen molar-refractivity contribution in [2.24, 2.45) is 0 Å². The van der Waals surface area contributed by atoms with Crippen LogP contribution in [0.1, 0.15) is 40.7 Å². The van der Waals surface area contributed by atoms with Crippen molar-refractivity contribution in [3.8, 4) is 23.3 Å². The van der Waals surface area contributed by atoms with E-state index in [0.29, 0.717) is 21.9 Å². The molecule has 0 amide bonds. The van der Waals surface area contributed by atoms with E-state index >= 15 is 0 Å². The van der Waals surface area contributed by atoms with Crippen LogP contribution in [0.5, 0.6) is 0 Å². The van der Waals surface area contributed by atoms with Gasteiger partial charge in [-0.1, -0.05) is 49.4 Å². The van der Waals surface area contributed by atoms with Crippen LogP contribution in [0.4, 0.5) is 5.82 Å². The van der Waals surface area contributed by atoms with Crippen molar-refractivity contribution in [1.82, 2.24) is 9.97 Å². The van der Waals surface area contributed by atoms with E-state index in [0.717, 1.165) is 29.1 Å². The van der Waals surface area contributed by atoms with Gasteiger partial charge in [0, 0.05) is 16.7 Å². The molecular weight excluding hydrogens is 386 g/mol. The van der Waals surface area contributed by atoms with Crippen LogP contribution in [0, 0.1) is 29.6 Å². The number of nitrogens with zero attached hydrogens (tertiary/aromatic N) is 4. The molecular formula is C21H19N5S2. The predicted octanol–water partition coefficient (Wildman–Crippen LogP) is 5.08. The van der Waals surface area contributed by atoms with Crippen molar-refractivity contribution >= 4 is 28.9 Å². The molecule has 0 fully saturated rings. The third-order valence-electron chi connectivity index (χ3n) is 4.22. The quantitative estimate of drug-likeness (QED) is 0.574. The van der Waals surface area contributed by atoms with E-state index in [4.69, 9.17) is 5.73 Å². The normalized spacial score (nSPS) is 10.4. The average molecular weight is 406 g/mol. The molecule has 0 aliphatic heterocycles. The number of aromatic nitrogens is 2. The minimum Gasteiger partial charge on any atom is -0.383 e. The molecule has 0 bridgehead atoms. The number of pyridine rings is 1. The van der Waals surface area contributed by atoms with Gasteiger partial charge in [-0.2, -0.15) is 10.5 Å². The van der Waals surface area contributed by atoms with Gasteiger partial charge in [0.1, 0.15) is 28.5 Å². The lowest BCUT2D eigenvalue weighted by atomic mass is 9.95. The maximum Gasteiger partial charge on any atom is 0.143 e. The Kier molecular flexibility index (Phi) is 6.30. The molecule has 2 aromatic heterocycles. The van der Waals surface area contributed by atoms with Crippen molar-refractivity contribution in [3.63, 3.8) is 0 Å². The second-order valence-corrected chi connectivity index (χ2v) is 8.27. The standard InChI is InChI=1S/C21H19N5S2/c1-3-4-14-5-7-15(8-6-14)19-17(9-22)20(24)26-21(18(19)10-23)28-12-16-11-27-13(2)25-16/h5-8,11H,3-4,12H2,1-2H3,(H2,24,26). The monoisotopic (exact) mass is 405 g/mol. The predicted molar refractivity (Wildman–Crippen MR) is 114 cm³/mol. The van der Waals surface area contributed by atoms with Crippen LogP contribution in [0.3, 0.4) is 0 Å². The number of nitriles is 2. The molecule has 7 heteroatoms. The molecule has 0 atom stereocenters. The van der Waals surface area contributed by atoms with Crippen LogP contribution in [0.2, 0.25) is 0 Å². The molecule has 3 aromatic rings. The summed E-state index contributed by atoms with van der Waals surface area (Å²) < 4.78 is 0. The second kappa shape index (κ2) is 8.88. The summed E-state index contributed by atoms with van der Waals surface area (Å²) in [7, 11) is 0. The van der Waals surface area contributed by atoms with Gasteiger partial charge in [-0.3, -0.25) is 0 Å². The number of nitrogen functional groups attached to an aromatic ring is 1. The molecule has 1 aromatic carbocycles. The fraction of sp³-hybridized carbons (Fsp3) is 0.238. The third-order valence-corrected chi connectivity index (χ3v) is 6.05. The third kappa shape index (κ3) is 4.17. The minimum absolute atomic E-state index is 0.145. The van der Waals surface area contributed by atoms with Gasteiger partial charge in [0.2, 0.25) is 0 Å². The van der Waals surface area contributed by atoms with E-state index in [9.17, 15) is 10.5 Å². The Labute approximate surface area is 172 Å². The molecule has 3 rings (SSSR count). The van der Waals surface area contributed by atoms with Crippen LogP contribution in [-0.4, -0.2) is 9.97 Å². The summed E-state index contributed by atoms with van der Waals surface area (Å²) in [5.74, 6) is 0.734. The average Bonchev–Trinajstić information content (AvgIpc) is 3.12. The number of hydrogen-bond donors (Lipinski definition) is 1. The van der Waals surface area contributed by atoms with Gasteiger partial charge in [-0.05, 0) is 24.5 Å². The van der Waals surface area contributed by atoms with Crippen LogP contribution in [0.25, 0.3) is 11.1 Å². The molecule has 0 radical (unpaired) electrons. The molecule has 28 heavy (non-hydrogen) atoms. The van der Waals surface area contributed by atoms with E-state index in [-0.39, 0.29) is 11.4 Å². The Morgan fingerprint density at radius 3 is 2.39 bits per heavy atom. The molecule has 0 saturated carbocycles. The van der Waals surface area contributed by atoms with Crippen molar-refractivity contribution in [2.45, 2.75) is 37.5 Å². The van der Waals surface area contributed by atoms with Crippen molar-refractivity contribution in [3.05, 3.63) is 57.0 Å². The zero-order valence-electron chi connectivity index (χ0n) is 15.7. The first-order valence-corrected chi connectivity index (χ1v) is 10.7. The highest BCUT2D eigenvalue weighted by molar-refractivity contribution is 7.98. The summed E-state index contributed by atoms with van der Waals surface area (Å²) in [6.45, 7) is 4.09. The Balaban J connectivity index is 2.05. The summed E-state index contributed by atoms with van der Waals surface area (Å²) in [6.07, 6.45) is 2.05. The molecule has 0 aliphatic carbocycles. The maximum absolute atomic E-state index is 9.84. The Bertz CT molecular complexity index is 1070. The number of anilines is 1. The summed E-state index contributed by atoms with van der Waals surface area (Å²) in [4.78, 5) is 8.79. The molecule has 0 spiro atoms. The maximum atomic E-state index is 9.84. The Morgan fingerprint density at radius 1 is 1.11 bits per heavy atom. The molecule has 2 heterocycles.